The highest BCUT2D eigenvalue weighted by Gasteiger charge is 2.18. The molecule has 0 bridgehead atoms. The second-order valence-corrected chi connectivity index (χ2v) is 5.91. The van der Waals surface area contributed by atoms with Crippen LogP contribution in [0.4, 0.5) is 5.69 Å². The first-order chi connectivity index (χ1) is 10.8. The van der Waals surface area contributed by atoms with Crippen LogP contribution in [0.1, 0.15) is 44.3 Å². The number of pyridine rings is 1. The van der Waals surface area contributed by atoms with E-state index in [1.54, 1.807) is 11.6 Å². The Hall–Kier alpha value is -1.95. The van der Waals surface area contributed by atoms with Gasteiger partial charge in [-0.15, -0.1) is 5.10 Å². The van der Waals surface area contributed by atoms with Gasteiger partial charge in [-0.1, -0.05) is 19.3 Å². The average molecular weight is 302 g/mol. The number of nitrogens with one attached hydrogen (secondary N) is 1. The van der Waals surface area contributed by atoms with Crippen LogP contribution >= 0.6 is 0 Å². The van der Waals surface area contributed by atoms with Gasteiger partial charge < -0.3 is 10.1 Å². The number of fused-ring (bicyclic) bond motifs is 1. The summed E-state index contributed by atoms with van der Waals surface area (Å²) in [5, 5.41) is 7.30. The molecule has 1 fully saturated rings. The number of hydrogen-bond donors (Lipinski definition) is 1. The van der Waals surface area contributed by atoms with E-state index < -0.39 is 0 Å². The van der Waals surface area contributed by atoms with Crippen molar-refractivity contribution in [2.24, 2.45) is 5.92 Å². The molecule has 2 heterocycles. The van der Waals surface area contributed by atoms with Crippen molar-refractivity contribution in [3.8, 4) is 0 Å². The largest absolute Gasteiger partial charge is 0.377 e. The minimum absolute atomic E-state index is 0.0660. The number of methoxy groups -OCH3 is 1. The van der Waals surface area contributed by atoms with Crippen LogP contribution in [0.15, 0.2) is 18.3 Å². The van der Waals surface area contributed by atoms with Gasteiger partial charge in [0.05, 0.1) is 5.69 Å². The third-order valence-corrected chi connectivity index (χ3v) is 4.15. The van der Waals surface area contributed by atoms with Gasteiger partial charge in [0, 0.05) is 19.7 Å². The van der Waals surface area contributed by atoms with Gasteiger partial charge in [-0.3, -0.25) is 4.79 Å². The maximum atomic E-state index is 12.3. The Balaban J connectivity index is 1.70. The van der Waals surface area contributed by atoms with E-state index in [9.17, 15) is 4.79 Å². The number of aromatic nitrogens is 3. The van der Waals surface area contributed by atoms with Crippen molar-refractivity contribution in [2.45, 2.75) is 45.1 Å². The lowest BCUT2D eigenvalue weighted by Gasteiger charge is -2.20. The Kier molecular flexibility index (Phi) is 4.68. The molecule has 0 radical (unpaired) electrons. The SMILES string of the molecule is COCc1nc2c(NC(=O)CC3CCCCC3)cccn2n1. The molecule has 2 aromatic rings. The molecule has 0 spiro atoms. The van der Waals surface area contributed by atoms with E-state index in [1.165, 1.54) is 32.1 Å². The lowest BCUT2D eigenvalue weighted by Crippen LogP contribution is -2.18. The maximum Gasteiger partial charge on any atom is 0.224 e. The minimum Gasteiger partial charge on any atom is -0.377 e. The fraction of sp³-hybridized carbons (Fsp3) is 0.562. The molecule has 2 aromatic heterocycles. The quantitative estimate of drug-likeness (QED) is 0.922. The van der Waals surface area contributed by atoms with Crippen molar-refractivity contribution in [3.63, 3.8) is 0 Å². The molecule has 118 valence electrons. The molecule has 1 aliphatic rings. The van der Waals surface area contributed by atoms with Gasteiger partial charge in [0.25, 0.3) is 0 Å². The molecule has 6 heteroatoms. The maximum absolute atomic E-state index is 12.3. The molecular formula is C16H22N4O2. The second kappa shape index (κ2) is 6.87. The number of carbonyl (C=O) groups excluding carboxylic acids is 1. The Labute approximate surface area is 129 Å². The molecule has 0 saturated heterocycles. The van der Waals surface area contributed by atoms with E-state index in [1.807, 2.05) is 18.3 Å². The predicted molar refractivity (Wildman–Crippen MR) is 83.5 cm³/mol. The molecular weight excluding hydrogens is 280 g/mol. The number of nitrogens with zero attached hydrogens (tertiary/aromatic N) is 3. The van der Waals surface area contributed by atoms with Crippen LogP contribution in [0.5, 0.6) is 0 Å². The van der Waals surface area contributed by atoms with E-state index in [0.717, 1.165) is 0 Å². The molecule has 1 aliphatic carbocycles. The van der Waals surface area contributed by atoms with E-state index in [-0.39, 0.29) is 5.91 Å². The molecule has 0 aliphatic heterocycles. The van der Waals surface area contributed by atoms with Crippen molar-refractivity contribution in [1.82, 2.24) is 14.6 Å². The zero-order valence-electron chi connectivity index (χ0n) is 12.9. The number of ether oxygens (including phenoxy) is 1. The van der Waals surface area contributed by atoms with E-state index >= 15 is 0 Å². The third-order valence-electron chi connectivity index (χ3n) is 4.15. The molecule has 0 aromatic carbocycles. The van der Waals surface area contributed by atoms with Crippen molar-refractivity contribution < 1.29 is 9.53 Å². The van der Waals surface area contributed by atoms with Gasteiger partial charge in [-0.05, 0) is 30.9 Å². The summed E-state index contributed by atoms with van der Waals surface area (Å²) < 4.78 is 6.72. The Morgan fingerprint density at radius 2 is 2.23 bits per heavy atom. The van der Waals surface area contributed by atoms with Crippen molar-refractivity contribution in [1.29, 1.82) is 0 Å². The average Bonchev–Trinajstić information content (AvgIpc) is 2.92. The first-order valence-electron chi connectivity index (χ1n) is 7.89. The Bertz CT molecular complexity index is 647. The molecule has 1 saturated carbocycles. The normalized spacial score (nSPS) is 16.0. The number of amides is 1. The monoisotopic (exact) mass is 302 g/mol. The van der Waals surface area contributed by atoms with Gasteiger partial charge in [0.15, 0.2) is 11.5 Å². The molecule has 22 heavy (non-hydrogen) atoms. The molecule has 6 nitrogen and oxygen atoms in total. The topological polar surface area (TPSA) is 68.5 Å². The van der Waals surface area contributed by atoms with Crippen LogP contribution in [0.25, 0.3) is 5.65 Å². The van der Waals surface area contributed by atoms with E-state index in [2.05, 4.69) is 15.4 Å². The van der Waals surface area contributed by atoms with Gasteiger partial charge >= 0.3 is 0 Å². The van der Waals surface area contributed by atoms with Crippen molar-refractivity contribution in [2.75, 3.05) is 12.4 Å². The summed E-state index contributed by atoms with van der Waals surface area (Å²) in [6.07, 6.45) is 8.55. The molecule has 1 N–H and O–H groups in total. The van der Waals surface area contributed by atoms with E-state index in [0.29, 0.717) is 36.1 Å². The standard InChI is InChI=1S/C16H22N4O2/c1-22-11-14-18-16-13(8-5-9-20(16)19-14)17-15(21)10-12-6-3-2-4-7-12/h5,8-9,12H,2-4,6-7,10-11H2,1H3,(H,17,21). The van der Waals surface area contributed by atoms with E-state index in [4.69, 9.17) is 4.74 Å². The van der Waals surface area contributed by atoms with Gasteiger partial charge in [0.1, 0.15) is 6.61 Å². The third kappa shape index (κ3) is 3.44. The summed E-state index contributed by atoms with van der Waals surface area (Å²) in [5.41, 5.74) is 1.37. The Morgan fingerprint density at radius 3 is 3.00 bits per heavy atom. The number of rotatable bonds is 5. The summed E-state index contributed by atoms with van der Waals surface area (Å²) in [5.74, 6) is 1.20. The van der Waals surface area contributed by atoms with Crippen molar-refractivity contribution >= 4 is 17.2 Å². The molecule has 1 amide bonds. The molecule has 0 unspecified atom stereocenters. The number of hydrogen-bond acceptors (Lipinski definition) is 4. The van der Waals surface area contributed by atoms with Crippen LogP contribution in [0.3, 0.4) is 0 Å². The minimum atomic E-state index is 0.0660. The van der Waals surface area contributed by atoms with Crippen LogP contribution < -0.4 is 5.32 Å². The lowest BCUT2D eigenvalue weighted by molar-refractivity contribution is -0.117. The Morgan fingerprint density at radius 1 is 1.41 bits per heavy atom. The highest BCUT2D eigenvalue weighted by atomic mass is 16.5. The summed E-state index contributed by atoms with van der Waals surface area (Å²) >= 11 is 0. The number of carbonyl (C=O) groups is 1. The van der Waals surface area contributed by atoms with Gasteiger partial charge in [0.2, 0.25) is 5.91 Å². The smallest absolute Gasteiger partial charge is 0.224 e. The van der Waals surface area contributed by atoms with Crippen molar-refractivity contribution in [3.05, 3.63) is 24.2 Å². The van der Waals surface area contributed by atoms with Crippen LogP contribution in [0, 0.1) is 5.92 Å². The summed E-state index contributed by atoms with van der Waals surface area (Å²) in [6, 6.07) is 3.72. The highest BCUT2D eigenvalue weighted by molar-refractivity contribution is 5.94. The van der Waals surface area contributed by atoms with Crippen LogP contribution in [0.2, 0.25) is 0 Å². The summed E-state index contributed by atoms with van der Waals surface area (Å²) in [6.45, 7) is 0.358. The lowest BCUT2D eigenvalue weighted by atomic mass is 9.87. The second-order valence-electron chi connectivity index (χ2n) is 5.91. The number of anilines is 1. The van der Waals surface area contributed by atoms with Crippen LogP contribution in [-0.4, -0.2) is 27.6 Å². The highest BCUT2D eigenvalue weighted by Crippen LogP contribution is 2.26. The molecule has 3 rings (SSSR count). The molecule has 0 atom stereocenters. The predicted octanol–water partition coefficient (Wildman–Crippen LogP) is 2.78. The zero-order valence-corrected chi connectivity index (χ0v) is 12.9. The zero-order chi connectivity index (χ0) is 15.4. The summed E-state index contributed by atoms with van der Waals surface area (Å²) in [7, 11) is 1.61. The van der Waals surface area contributed by atoms with Crippen LogP contribution in [-0.2, 0) is 16.1 Å². The van der Waals surface area contributed by atoms with Gasteiger partial charge in [-0.2, -0.15) is 0 Å². The fourth-order valence-corrected chi connectivity index (χ4v) is 3.09. The first kappa shape index (κ1) is 15.0. The summed E-state index contributed by atoms with van der Waals surface area (Å²) in [4.78, 5) is 16.7. The fourth-order valence-electron chi connectivity index (χ4n) is 3.09. The van der Waals surface area contributed by atoms with Gasteiger partial charge in [-0.25, -0.2) is 9.50 Å². The first-order valence-corrected chi connectivity index (χ1v) is 7.89.